The first-order chi connectivity index (χ1) is 4.16. The van der Waals surface area contributed by atoms with Gasteiger partial charge in [0.05, 0.1) is 0 Å². The van der Waals surface area contributed by atoms with E-state index in [0.29, 0.717) is 0 Å². The van der Waals surface area contributed by atoms with E-state index in [1.807, 2.05) is 6.92 Å². The normalized spacial score (nSPS) is 11.9. The van der Waals surface area contributed by atoms with Crippen molar-refractivity contribution in [1.82, 2.24) is 0 Å². The van der Waals surface area contributed by atoms with Crippen molar-refractivity contribution in [1.29, 1.82) is 0 Å². The van der Waals surface area contributed by atoms with Crippen LogP contribution in [0.4, 0.5) is 0 Å². The van der Waals surface area contributed by atoms with E-state index in [1.165, 1.54) is 18.7 Å². The monoisotopic (exact) mass is 184 g/mol. The van der Waals surface area contributed by atoms with Crippen molar-refractivity contribution in [2.75, 3.05) is 12.4 Å². The van der Waals surface area contributed by atoms with Crippen molar-refractivity contribution in [3.8, 4) is 0 Å². The van der Waals surface area contributed by atoms with Gasteiger partial charge in [0.25, 0.3) is 0 Å². The lowest BCUT2D eigenvalue weighted by Gasteiger charge is -2.02. The van der Waals surface area contributed by atoms with Crippen LogP contribution in [0.15, 0.2) is 0 Å². The summed E-state index contributed by atoms with van der Waals surface area (Å²) in [5, 5.41) is 8.64. The molecule has 0 aromatic heterocycles. The summed E-state index contributed by atoms with van der Waals surface area (Å²) in [6, 6.07) is 0. The first kappa shape index (κ1) is 12.9. The predicted molar refractivity (Wildman–Crippen MR) is 46.6 cm³/mol. The average molecular weight is 185 g/mol. The number of hydrogen-bond acceptors (Lipinski definition) is 3. The predicted octanol–water partition coefficient (Wildman–Crippen LogP) is 1.32. The quantitative estimate of drug-likeness (QED) is 0.719. The number of carbonyl (C=O) groups excluding carboxylic acids is 1. The average Bonchev–Trinajstić information content (AvgIpc) is 1.83. The van der Waals surface area contributed by atoms with Crippen molar-refractivity contribution >= 4 is 29.3 Å². The molecule has 1 atom stereocenters. The number of thioether (sulfide) groups is 1. The molecular formula is C6H13ClO2S. The van der Waals surface area contributed by atoms with E-state index in [4.69, 9.17) is 5.11 Å². The molecule has 1 unspecified atom stereocenters. The molecule has 1 N–H and O–H groups in total. The van der Waals surface area contributed by atoms with Crippen molar-refractivity contribution in [2.24, 2.45) is 5.92 Å². The topological polar surface area (TPSA) is 37.3 Å². The molecule has 2 nitrogen and oxygen atoms in total. The van der Waals surface area contributed by atoms with Crippen LogP contribution in [0.2, 0.25) is 0 Å². The molecule has 0 aromatic rings. The third-order valence-corrected chi connectivity index (χ3v) is 2.03. The zero-order valence-electron chi connectivity index (χ0n) is 6.16. The van der Waals surface area contributed by atoms with E-state index >= 15 is 0 Å². The van der Waals surface area contributed by atoms with Gasteiger partial charge in [-0.3, -0.25) is 4.79 Å². The SMILES string of the molecule is CC(=O)SCC(C)CO.Cl. The van der Waals surface area contributed by atoms with Gasteiger partial charge in [-0.1, -0.05) is 18.7 Å². The van der Waals surface area contributed by atoms with Crippen LogP contribution in [0.25, 0.3) is 0 Å². The van der Waals surface area contributed by atoms with Crippen LogP contribution in [-0.4, -0.2) is 22.6 Å². The Morgan fingerprint density at radius 1 is 1.70 bits per heavy atom. The van der Waals surface area contributed by atoms with Gasteiger partial charge >= 0.3 is 0 Å². The van der Waals surface area contributed by atoms with Crippen molar-refractivity contribution in [2.45, 2.75) is 13.8 Å². The summed E-state index contributed by atoms with van der Waals surface area (Å²) in [6.45, 7) is 3.62. The number of aliphatic hydroxyl groups excluding tert-OH is 1. The Morgan fingerprint density at radius 2 is 2.20 bits per heavy atom. The minimum absolute atomic E-state index is 0. The van der Waals surface area contributed by atoms with Gasteiger partial charge in [-0.15, -0.1) is 12.4 Å². The summed E-state index contributed by atoms with van der Waals surface area (Å²) in [4.78, 5) is 10.3. The standard InChI is InChI=1S/C6H12O2S.ClH/c1-5(3-7)4-9-6(2)8;/h5,7H,3-4H2,1-2H3;1H. The van der Waals surface area contributed by atoms with Gasteiger partial charge in [0.1, 0.15) is 0 Å². The molecule has 10 heavy (non-hydrogen) atoms. The minimum Gasteiger partial charge on any atom is -0.396 e. The van der Waals surface area contributed by atoms with E-state index in [-0.39, 0.29) is 30.0 Å². The number of aliphatic hydroxyl groups is 1. The van der Waals surface area contributed by atoms with Gasteiger partial charge < -0.3 is 5.11 Å². The van der Waals surface area contributed by atoms with Gasteiger partial charge in [-0.2, -0.15) is 0 Å². The molecule has 4 heteroatoms. The molecule has 0 amide bonds. The molecule has 0 aliphatic carbocycles. The lowest BCUT2D eigenvalue weighted by molar-refractivity contribution is -0.109. The molecular weight excluding hydrogens is 172 g/mol. The summed E-state index contributed by atoms with van der Waals surface area (Å²) in [5.41, 5.74) is 0. The molecule has 0 rings (SSSR count). The van der Waals surface area contributed by atoms with E-state index < -0.39 is 0 Å². The molecule has 0 saturated carbocycles. The molecule has 0 spiro atoms. The summed E-state index contributed by atoms with van der Waals surface area (Å²) in [5.74, 6) is 0.963. The van der Waals surface area contributed by atoms with Crippen LogP contribution >= 0.6 is 24.2 Å². The maximum Gasteiger partial charge on any atom is 0.185 e. The molecule has 0 heterocycles. The van der Waals surface area contributed by atoms with Crippen molar-refractivity contribution in [3.05, 3.63) is 0 Å². The lowest BCUT2D eigenvalue weighted by atomic mass is 10.2. The highest BCUT2D eigenvalue weighted by Crippen LogP contribution is 2.07. The second-order valence-electron chi connectivity index (χ2n) is 2.09. The van der Waals surface area contributed by atoms with Crippen LogP contribution in [-0.2, 0) is 4.79 Å². The molecule has 0 aromatic carbocycles. The fourth-order valence-corrected chi connectivity index (χ4v) is 0.937. The molecule has 0 saturated heterocycles. The van der Waals surface area contributed by atoms with Gasteiger partial charge in [-0.25, -0.2) is 0 Å². The molecule has 0 bridgehead atoms. The Hall–Kier alpha value is 0.270. The van der Waals surface area contributed by atoms with Gasteiger partial charge in [0.2, 0.25) is 0 Å². The minimum atomic E-state index is 0. The van der Waals surface area contributed by atoms with Crippen LogP contribution < -0.4 is 0 Å². The number of hydrogen-bond donors (Lipinski definition) is 1. The highest BCUT2D eigenvalue weighted by Gasteiger charge is 2.00. The third-order valence-electron chi connectivity index (χ3n) is 0.883. The largest absolute Gasteiger partial charge is 0.396 e. The zero-order chi connectivity index (χ0) is 7.28. The highest BCUT2D eigenvalue weighted by molar-refractivity contribution is 8.13. The second-order valence-corrected chi connectivity index (χ2v) is 3.29. The van der Waals surface area contributed by atoms with Gasteiger partial charge in [0, 0.05) is 19.3 Å². The van der Waals surface area contributed by atoms with Crippen LogP contribution in [0, 0.1) is 5.92 Å². The van der Waals surface area contributed by atoms with Crippen LogP contribution in [0.3, 0.4) is 0 Å². The zero-order valence-corrected chi connectivity index (χ0v) is 7.80. The van der Waals surface area contributed by atoms with E-state index in [2.05, 4.69) is 0 Å². The second kappa shape index (κ2) is 7.38. The maximum absolute atomic E-state index is 10.3. The molecule has 0 aliphatic heterocycles. The first-order valence-corrected chi connectivity index (χ1v) is 3.89. The van der Waals surface area contributed by atoms with Crippen LogP contribution in [0.1, 0.15) is 13.8 Å². The lowest BCUT2D eigenvalue weighted by Crippen LogP contribution is -2.04. The van der Waals surface area contributed by atoms with Crippen molar-refractivity contribution in [3.63, 3.8) is 0 Å². The Balaban J connectivity index is 0. The van der Waals surface area contributed by atoms with E-state index in [0.717, 1.165) is 5.75 Å². The van der Waals surface area contributed by atoms with E-state index in [1.54, 1.807) is 0 Å². The number of halogens is 1. The molecule has 0 aliphatic rings. The number of rotatable bonds is 3. The van der Waals surface area contributed by atoms with Gasteiger partial charge in [0.15, 0.2) is 5.12 Å². The van der Waals surface area contributed by atoms with E-state index in [9.17, 15) is 4.79 Å². The Labute approximate surface area is 71.8 Å². The summed E-state index contributed by atoms with van der Waals surface area (Å²) in [6.07, 6.45) is 0. The van der Waals surface area contributed by atoms with Crippen molar-refractivity contribution < 1.29 is 9.90 Å². The molecule has 0 fully saturated rings. The molecule has 0 radical (unpaired) electrons. The first-order valence-electron chi connectivity index (χ1n) is 2.91. The fraction of sp³-hybridized carbons (Fsp3) is 0.833. The third kappa shape index (κ3) is 8.27. The fourth-order valence-electron chi connectivity index (χ4n) is 0.312. The Bertz CT molecular complexity index is 97.7. The Morgan fingerprint density at radius 3 is 2.50 bits per heavy atom. The number of carbonyl (C=O) groups is 1. The van der Waals surface area contributed by atoms with Gasteiger partial charge in [-0.05, 0) is 5.92 Å². The Kier molecular flexibility index (Phi) is 9.52. The summed E-state index contributed by atoms with van der Waals surface area (Å²) >= 11 is 1.27. The van der Waals surface area contributed by atoms with Crippen LogP contribution in [0.5, 0.6) is 0 Å². The summed E-state index contributed by atoms with van der Waals surface area (Å²) < 4.78 is 0. The molecule has 62 valence electrons. The highest BCUT2D eigenvalue weighted by atomic mass is 35.5. The smallest absolute Gasteiger partial charge is 0.185 e. The summed E-state index contributed by atoms with van der Waals surface area (Å²) in [7, 11) is 0. The maximum atomic E-state index is 10.3.